The van der Waals surface area contributed by atoms with Gasteiger partial charge < -0.3 is 14.5 Å². The largest absolute Gasteiger partial charge is 0.378 e. The van der Waals surface area contributed by atoms with E-state index in [9.17, 15) is 0 Å². The van der Waals surface area contributed by atoms with Gasteiger partial charge in [-0.2, -0.15) is 4.98 Å². The molecule has 4 rings (SSSR count). The Kier molecular flexibility index (Phi) is 5.26. The topological polar surface area (TPSA) is 75.4 Å². The minimum absolute atomic E-state index is 0.768. The van der Waals surface area contributed by atoms with E-state index in [1.54, 1.807) is 4.68 Å². The zero-order valence-corrected chi connectivity index (χ0v) is 15.3. The van der Waals surface area contributed by atoms with Crippen LogP contribution in [0.3, 0.4) is 0 Å². The zero-order valence-electron chi connectivity index (χ0n) is 15.3. The number of rotatable bonds is 5. The van der Waals surface area contributed by atoms with Crippen LogP contribution in [0.25, 0.3) is 0 Å². The Hall–Kier alpha value is -2.26. The summed E-state index contributed by atoms with van der Waals surface area (Å²) < 4.78 is 7.18. The van der Waals surface area contributed by atoms with Crippen molar-refractivity contribution in [3.8, 4) is 0 Å². The van der Waals surface area contributed by atoms with Crippen LogP contribution in [0, 0.1) is 0 Å². The molecule has 0 aromatic carbocycles. The molecule has 0 N–H and O–H groups in total. The first-order valence-electron chi connectivity index (χ1n) is 9.26. The predicted molar refractivity (Wildman–Crippen MR) is 98.4 cm³/mol. The molecule has 2 fully saturated rings. The van der Waals surface area contributed by atoms with Gasteiger partial charge in [0.2, 0.25) is 5.95 Å². The average molecular weight is 358 g/mol. The number of hydrogen-bond acceptors (Lipinski definition) is 8. The minimum Gasteiger partial charge on any atom is -0.378 e. The summed E-state index contributed by atoms with van der Waals surface area (Å²) in [4.78, 5) is 16.3. The monoisotopic (exact) mass is 358 g/mol. The fourth-order valence-corrected chi connectivity index (χ4v) is 3.41. The maximum absolute atomic E-state index is 5.43. The quantitative estimate of drug-likeness (QED) is 0.728. The van der Waals surface area contributed by atoms with Gasteiger partial charge in [0.25, 0.3) is 0 Å². The lowest BCUT2D eigenvalue weighted by Gasteiger charge is -2.35. The van der Waals surface area contributed by atoms with Gasteiger partial charge >= 0.3 is 0 Å². The smallest absolute Gasteiger partial charge is 0.227 e. The molecule has 0 aliphatic carbocycles. The molecule has 140 valence electrons. The van der Waals surface area contributed by atoms with Crippen molar-refractivity contribution in [2.75, 3.05) is 68.8 Å². The Morgan fingerprint density at radius 2 is 1.85 bits per heavy atom. The van der Waals surface area contributed by atoms with E-state index in [-0.39, 0.29) is 0 Å². The van der Waals surface area contributed by atoms with Crippen molar-refractivity contribution in [3.05, 3.63) is 24.2 Å². The van der Waals surface area contributed by atoms with E-state index < -0.39 is 0 Å². The van der Waals surface area contributed by atoms with Crippen LogP contribution >= 0.6 is 0 Å². The summed E-state index contributed by atoms with van der Waals surface area (Å²) >= 11 is 0. The molecule has 0 radical (unpaired) electrons. The van der Waals surface area contributed by atoms with Crippen molar-refractivity contribution < 1.29 is 4.74 Å². The molecule has 0 saturated carbocycles. The van der Waals surface area contributed by atoms with Crippen LogP contribution in [-0.2, 0) is 18.2 Å². The lowest BCUT2D eigenvalue weighted by Crippen LogP contribution is -2.47. The molecule has 2 aliphatic rings. The summed E-state index contributed by atoms with van der Waals surface area (Å²) in [5, 5.41) is 8.15. The maximum Gasteiger partial charge on any atom is 0.227 e. The number of aryl methyl sites for hydroxylation is 1. The average Bonchev–Trinajstić information content (AvgIpc) is 3.13. The first-order chi connectivity index (χ1) is 12.8. The third-order valence-electron chi connectivity index (χ3n) is 4.95. The molecule has 0 amide bonds. The van der Waals surface area contributed by atoms with Gasteiger partial charge in [-0.1, -0.05) is 5.21 Å². The number of anilines is 2. The highest BCUT2D eigenvalue weighted by molar-refractivity contribution is 5.44. The molecule has 0 unspecified atom stereocenters. The molecule has 26 heavy (non-hydrogen) atoms. The van der Waals surface area contributed by atoms with Gasteiger partial charge in [0.1, 0.15) is 5.82 Å². The zero-order chi connectivity index (χ0) is 17.8. The number of piperazine rings is 1. The number of aromatic nitrogens is 5. The molecule has 0 spiro atoms. The second-order valence-electron chi connectivity index (χ2n) is 6.78. The summed E-state index contributed by atoms with van der Waals surface area (Å²) in [5.74, 6) is 1.84. The van der Waals surface area contributed by atoms with E-state index in [0.717, 1.165) is 82.9 Å². The van der Waals surface area contributed by atoms with Crippen LogP contribution in [0.1, 0.15) is 5.69 Å². The maximum atomic E-state index is 5.43. The first kappa shape index (κ1) is 17.2. The van der Waals surface area contributed by atoms with Crippen LogP contribution < -0.4 is 9.80 Å². The Balaban J connectivity index is 1.30. The lowest BCUT2D eigenvalue weighted by molar-refractivity contribution is 0.122. The van der Waals surface area contributed by atoms with Crippen LogP contribution in [0.5, 0.6) is 0 Å². The second-order valence-corrected chi connectivity index (χ2v) is 6.78. The van der Waals surface area contributed by atoms with Gasteiger partial charge in [-0.05, 0) is 6.07 Å². The van der Waals surface area contributed by atoms with E-state index >= 15 is 0 Å². The lowest BCUT2D eigenvalue weighted by atomic mass is 10.2. The summed E-state index contributed by atoms with van der Waals surface area (Å²) in [5.41, 5.74) is 1.05. The third-order valence-corrected chi connectivity index (χ3v) is 4.95. The SMILES string of the molecule is Cn1cc(CCN2CCN(c3nccc(N4CCOCC4)n3)CC2)nn1. The fourth-order valence-electron chi connectivity index (χ4n) is 3.41. The van der Waals surface area contributed by atoms with Gasteiger partial charge in [0.05, 0.1) is 18.9 Å². The molecule has 2 saturated heterocycles. The molecule has 2 aliphatic heterocycles. The number of morpholine rings is 1. The van der Waals surface area contributed by atoms with E-state index in [4.69, 9.17) is 9.72 Å². The predicted octanol–water partition coefficient (Wildman–Crippen LogP) is -0.194. The molecule has 0 bridgehead atoms. The minimum atomic E-state index is 0.768. The van der Waals surface area contributed by atoms with E-state index in [0.29, 0.717) is 0 Å². The Morgan fingerprint density at radius 3 is 2.58 bits per heavy atom. The summed E-state index contributed by atoms with van der Waals surface area (Å²) in [6.07, 6.45) is 4.80. The van der Waals surface area contributed by atoms with Crippen LogP contribution in [0.2, 0.25) is 0 Å². The second kappa shape index (κ2) is 7.96. The van der Waals surface area contributed by atoms with E-state index in [1.165, 1.54) is 0 Å². The van der Waals surface area contributed by atoms with Gasteiger partial charge in [0.15, 0.2) is 0 Å². The van der Waals surface area contributed by atoms with Crippen molar-refractivity contribution in [1.82, 2.24) is 29.9 Å². The van der Waals surface area contributed by atoms with Gasteiger partial charge in [-0.3, -0.25) is 9.58 Å². The van der Waals surface area contributed by atoms with Crippen molar-refractivity contribution in [2.45, 2.75) is 6.42 Å². The van der Waals surface area contributed by atoms with Gasteiger partial charge in [0, 0.05) is 71.7 Å². The van der Waals surface area contributed by atoms with Crippen LogP contribution in [-0.4, -0.2) is 88.9 Å². The van der Waals surface area contributed by atoms with E-state index in [1.807, 2.05) is 25.5 Å². The fraction of sp³-hybridized carbons (Fsp3) is 0.647. The van der Waals surface area contributed by atoms with Crippen molar-refractivity contribution in [1.29, 1.82) is 0 Å². The normalized spacial score (nSPS) is 19.1. The Morgan fingerprint density at radius 1 is 1.04 bits per heavy atom. The standard InChI is InChI=1S/C17H26N8O/c1-22-14-15(20-21-22)3-5-23-6-8-25(9-7-23)17-18-4-2-16(19-17)24-10-12-26-13-11-24/h2,4,14H,3,5-13H2,1H3. The number of hydrogen-bond donors (Lipinski definition) is 0. The molecule has 9 heteroatoms. The highest BCUT2D eigenvalue weighted by Gasteiger charge is 2.20. The Bertz CT molecular complexity index is 706. The van der Waals surface area contributed by atoms with Crippen molar-refractivity contribution in [2.24, 2.45) is 7.05 Å². The first-order valence-corrected chi connectivity index (χ1v) is 9.26. The molecular formula is C17H26N8O. The van der Waals surface area contributed by atoms with Crippen LogP contribution in [0.15, 0.2) is 18.5 Å². The number of ether oxygens (including phenoxy) is 1. The summed E-state index contributed by atoms with van der Waals surface area (Å²) in [6, 6.07) is 1.99. The van der Waals surface area contributed by atoms with Crippen molar-refractivity contribution in [3.63, 3.8) is 0 Å². The van der Waals surface area contributed by atoms with Crippen molar-refractivity contribution >= 4 is 11.8 Å². The highest BCUT2D eigenvalue weighted by Crippen LogP contribution is 2.17. The molecule has 2 aromatic rings. The summed E-state index contributed by atoms with van der Waals surface area (Å²) in [7, 11) is 1.90. The van der Waals surface area contributed by atoms with Crippen LogP contribution in [0.4, 0.5) is 11.8 Å². The van der Waals surface area contributed by atoms with E-state index in [2.05, 4.69) is 30.0 Å². The highest BCUT2D eigenvalue weighted by atomic mass is 16.5. The third kappa shape index (κ3) is 4.10. The molecule has 2 aromatic heterocycles. The molecule has 9 nitrogen and oxygen atoms in total. The van der Waals surface area contributed by atoms with Gasteiger partial charge in [-0.25, -0.2) is 4.98 Å². The number of nitrogens with zero attached hydrogens (tertiary/aromatic N) is 8. The molecule has 0 atom stereocenters. The molecular weight excluding hydrogens is 332 g/mol. The molecule has 4 heterocycles. The Labute approximate surface area is 153 Å². The summed E-state index contributed by atoms with van der Waals surface area (Å²) in [6.45, 7) is 8.28. The van der Waals surface area contributed by atoms with Gasteiger partial charge in [-0.15, -0.1) is 5.10 Å².